The van der Waals surface area contributed by atoms with E-state index in [1.165, 1.54) is 4.90 Å². The number of pyridine rings is 1. The minimum atomic E-state index is -0.551. The molecule has 0 saturated carbocycles. The molecule has 0 aliphatic heterocycles. The molecule has 3 aromatic heterocycles. The van der Waals surface area contributed by atoms with E-state index in [0.29, 0.717) is 0 Å². The first kappa shape index (κ1) is 18.0. The highest BCUT2D eigenvalue weighted by atomic mass is 16.6. The number of hydrogen-bond acceptors (Lipinski definition) is 4. The van der Waals surface area contributed by atoms with Crippen molar-refractivity contribution in [1.29, 1.82) is 0 Å². The number of para-hydroxylation sites is 1. The van der Waals surface area contributed by atoms with Gasteiger partial charge in [0, 0.05) is 31.2 Å². The van der Waals surface area contributed by atoms with Crippen LogP contribution in [0.5, 0.6) is 0 Å². The summed E-state index contributed by atoms with van der Waals surface area (Å²) in [6.45, 7) is 5.55. The fourth-order valence-electron chi connectivity index (χ4n) is 3.24. The van der Waals surface area contributed by atoms with Crippen LogP contribution < -0.4 is 4.90 Å². The van der Waals surface area contributed by atoms with Gasteiger partial charge in [0.25, 0.3) is 0 Å². The summed E-state index contributed by atoms with van der Waals surface area (Å²) < 4.78 is 9.32. The minimum Gasteiger partial charge on any atom is -0.443 e. The molecular weight excluding hydrogens is 354 g/mol. The molecule has 0 bridgehead atoms. The van der Waals surface area contributed by atoms with E-state index in [9.17, 15) is 4.79 Å². The molecule has 28 heavy (non-hydrogen) atoms. The maximum Gasteiger partial charge on any atom is 0.414 e. The molecule has 3 heterocycles. The molecular formula is C21H23N5O2. The standard InChI is InChI=1S/C21H23N5O2/c1-21(2,3)28-20(27)24(4)15-9-10-18-22-12-17(26(18)13-15)16-8-6-7-14-11-23-25(5)19(14)16/h6-13H,1-5H3. The fourth-order valence-corrected chi connectivity index (χ4v) is 3.24. The Morgan fingerprint density at radius 1 is 1.14 bits per heavy atom. The van der Waals surface area contributed by atoms with Gasteiger partial charge in [-0.15, -0.1) is 0 Å². The molecule has 4 rings (SSSR count). The van der Waals surface area contributed by atoms with E-state index in [-0.39, 0.29) is 0 Å². The molecule has 7 nitrogen and oxygen atoms in total. The number of carbonyl (C=O) groups excluding carboxylic acids is 1. The summed E-state index contributed by atoms with van der Waals surface area (Å²) in [4.78, 5) is 18.5. The highest BCUT2D eigenvalue weighted by molar-refractivity contribution is 5.93. The van der Waals surface area contributed by atoms with Crippen molar-refractivity contribution in [1.82, 2.24) is 19.2 Å². The summed E-state index contributed by atoms with van der Waals surface area (Å²) in [5.41, 5.74) is 3.97. The molecule has 144 valence electrons. The van der Waals surface area contributed by atoms with Gasteiger partial charge in [-0.2, -0.15) is 5.10 Å². The first-order valence-corrected chi connectivity index (χ1v) is 9.09. The van der Waals surface area contributed by atoms with Crippen LogP contribution in [0.3, 0.4) is 0 Å². The molecule has 1 aromatic carbocycles. The van der Waals surface area contributed by atoms with Crippen LogP contribution in [-0.2, 0) is 11.8 Å². The molecule has 0 aliphatic rings. The van der Waals surface area contributed by atoms with Gasteiger partial charge >= 0.3 is 6.09 Å². The highest BCUT2D eigenvalue weighted by Gasteiger charge is 2.21. The van der Waals surface area contributed by atoms with Crippen molar-refractivity contribution < 1.29 is 9.53 Å². The fraction of sp³-hybridized carbons (Fsp3) is 0.286. The van der Waals surface area contributed by atoms with Crippen molar-refractivity contribution in [3.63, 3.8) is 0 Å². The van der Waals surface area contributed by atoms with Crippen molar-refractivity contribution in [2.24, 2.45) is 7.05 Å². The van der Waals surface area contributed by atoms with Gasteiger partial charge in [0.1, 0.15) is 11.2 Å². The van der Waals surface area contributed by atoms with E-state index in [4.69, 9.17) is 4.74 Å². The van der Waals surface area contributed by atoms with E-state index >= 15 is 0 Å². The molecule has 0 atom stereocenters. The van der Waals surface area contributed by atoms with Gasteiger partial charge < -0.3 is 4.74 Å². The highest BCUT2D eigenvalue weighted by Crippen LogP contribution is 2.30. The lowest BCUT2D eigenvalue weighted by Gasteiger charge is -2.24. The number of amides is 1. The lowest BCUT2D eigenvalue weighted by Crippen LogP contribution is -2.34. The molecule has 0 N–H and O–H groups in total. The number of rotatable bonds is 2. The first-order valence-electron chi connectivity index (χ1n) is 9.09. The summed E-state index contributed by atoms with van der Waals surface area (Å²) in [5.74, 6) is 0. The topological polar surface area (TPSA) is 64.7 Å². The third-order valence-corrected chi connectivity index (χ3v) is 4.58. The number of aryl methyl sites for hydroxylation is 1. The Balaban J connectivity index is 1.81. The molecule has 7 heteroatoms. The van der Waals surface area contributed by atoms with Crippen LogP contribution >= 0.6 is 0 Å². The zero-order valence-corrected chi connectivity index (χ0v) is 16.7. The number of aromatic nitrogens is 4. The second-order valence-electron chi connectivity index (χ2n) is 7.81. The lowest BCUT2D eigenvalue weighted by atomic mass is 10.1. The second-order valence-corrected chi connectivity index (χ2v) is 7.81. The van der Waals surface area contributed by atoms with Gasteiger partial charge in [0.2, 0.25) is 0 Å². The molecule has 0 fully saturated rings. The molecule has 4 aromatic rings. The number of hydrogen-bond donors (Lipinski definition) is 0. The SMILES string of the molecule is CN(C(=O)OC(C)(C)C)c1ccc2ncc(-c3cccc4cnn(C)c34)n2c1. The van der Waals surface area contributed by atoms with E-state index < -0.39 is 11.7 Å². The third-order valence-electron chi connectivity index (χ3n) is 4.58. The molecule has 1 amide bonds. The summed E-state index contributed by atoms with van der Waals surface area (Å²) in [7, 11) is 3.63. The van der Waals surface area contributed by atoms with Gasteiger partial charge in [-0.25, -0.2) is 9.78 Å². The van der Waals surface area contributed by atoms with Crippen molar-refractivity contribution in [2.75, 3.05) is 11.9 Å². The number of fused-ring (bicyclic) bond motifs is 2. The second kappa shape index (κ2) is 6.37. The Morgan fingerprint density at radius 2 is 1.93 bits per heavy atom. The van der Waals surface area contributed by atoms with Crippen LogP contribution in [0, 0.1) is 0 Å². The molecule has 0 radical (unpaired) electrons. The number of nitrogens with zero attached hydrogens (tertiary/aromatic N) is 5. The normalized spacial score (nSPS) is 11.9. The van der Waals surface area contributed by atoms with Gasteiger partial charge in [-0.3, -0.25) is 14.0 Å². The molecule has 0 unspecified atom stereocenters. The number of ether oxygens (including phenoxy) is 1. The number of imidazole rings is 1. The Kier molecular flexibility index (Phi) is 4.10. The third kappa shape index (κ3) is 3.09. The van der Waals surface area contributed by atoms with E-state index in [0.717, 1.165) is 33.5 Å². The molecule has 0 saturated heterocycles. The van der Waals surface area contributed by atoms with Crippen LogP contribution in [0.25, 0.3) is 27.8 Å². The Labute approximate surface area is 163 Å². The van der Waals surface area contributed by atoms with Crippen LogP contribution in [-0.4, -0.2) is 37.9 Å². The van der Waals surface area contributed by atoms with Gasteiger partial charge in [0.05, 0.1) is 29.3 Å². The monoisotopic (exact) mass is 377 g/mol. The van der Waals surface area contributed by atoms with Crippen molar-refractivity contribution in [3.8, 4) is 11.3 Å². The van der Waals surface area contributed by atoms with Crippen molar-refractivity contribution >= 4 is 28.3 Å². The maximum atomic E-state index is 12.4. The van der Waals surface area contributed by atoms with E-state index in [1.54, 1.807) is 7.05 Å². The summed E-state index contributed by atoms with van der Waals surface area (Å²) in [5, 5.41) is 5.43. The summed E-state index contributed by atoms with van der Waals surface area (Å²) in [6, 6.07) is 9.85. The summed E-state index contributed by atoms with van der Waals surface area (Å²) in [6.07, 6.45) is 5.19. The zero-order valence-electron chi connectivity index (χ0n) is 16.7. The molecule has 0 aliphatic carbocycles. The Bertz CT molecular complexity index is 1180. The minimum absolute atomic E-state index is 0.401. The quantitative estimate of drug-likeness (QED) is 0.524. The molecule has 0 spiro atoms. The van der Waals surface area contributed by atoms with E-state index in [1.807, 2.05) is 79.8 Å². The number of carbonyl (C=O) groups is 1. The van der Waals surface area contributed by atoms with Crippen molar-refractivity contribution in [2.45, 2.75) is 26.4 Å². The largest absolute Gasteiger partial charge is 0.443 e. The van der Waals surface area contributed by atoms with E-state index in [2.05, 4.69) is 16.1 Å². The predicted molar refractivity (Wildman–Crippen MR) is 110 cm³/mol. The van der Waals surface area contributed by atoms with Crippen LogP contribution in [0.2, 0.25) is 0 Å². The predicted octanol–water partition coefficient (Wildman–Crippen LogP) is 4.26. The first-order chi connectivity index (χ1) is 13.2. The number of benzene rings is 1. The Morgan fingerprint density at radius 3 is 2.68 bits per heavy atom. The summed E-state index contributed by atoms with van der Waals surface area (Å²) >= 11 is 0. The van der Waals surface area contributed by atoms with Gasteiger partial charge in [-0.05, 0) is 32.9 Å². The van der Waals surface area contributed by atoms with Crippen molar-refractivity contribution in [3.05, 3.63) is 48.9 Å². The van der Waals surface area contributed by atoms with Crippen LogP contribution in [0.15, 0.2) is 48.9 Å². The number of anilines is 1. The average Bonchev–Trinajstić information content (AvgIpc) is 3.23. The Hall–Kier alpha value is -3.35. The van der Waals surface area contributed by atoms with Gasteiger partial charge in [-0.1, -0.05) is 18.2 Å². The van der Waals surface area contributed by atoms with Gasteiger partial charge in [0.15, 0.2) is 0 Å². The van der Waals surface area contributed by atoms with Crippen LogP contribution in [0.4, 0.5) is 10.5 Å². The zero-order chi connectivity index (χ0) is 20.1. The average molecular weight is 377 g/mol. The lowest BCUT2D eigenvalue weighted by molar-refractivity contribution is 0.0589. The maximum absolute atomic E-state index is 12.4. The van der Waals surface area contributed by atoms with Crippen LogP contribution in [0.1, 0.15) is 20.8 Å². The smallest absolute Gasteiger partial charge is 0.414 e.